The molecule has 7 nitrogen and oxygen atoms in total. The van der Waals surface area contributed by atoms with E-state index in [2.05, 4.69) is 26.9 Å². The number of hydrogen-bond donors (Lipinski definition) is 2. The molecule has 2 N–H and O–H groups in total. The molecule has 140 valence electrons. The van der Waals surface area contributed by atoms with Crippen molar-refractivity contribution in [2.75, 3.05) is 57.3 Å². The highest BCUT2D eigenvalue weighted by atomic mass is 32.2. The Labute approximate surface area is 150 Å². The average Bonchev–Trinajstić information content (AvgIpc) is 2.54. The number of sulfonamides is 1. The molecule has 1 aromatic carbocycles. The number of hydrogen-bond acceptors (Lipinski definition) is 5. The number of piperazine rings is 1. The van der Waals surface area contributed by atoms with Crippen molar-refractivity contribution in [2.24, 2.45) is 0 Å². The quantitative estimate of drug-likeness (QED) is 0.694. The van der Waals surface area contributed by atoms with Crippen molar-refractivity contribution in [1.29, 1.82) is 0 Å². The van der Waals surface area contributed by atoms with Gasteiger partial charge in [-0.15, -0.1) is 0 Å². The molecule has 1 aliphatic heterocycles. The van der Waals surface area contributed by atoms with Crippen LogP contribution in [0.15, 0.2) is 18.2 Å². The van der Waals surface area contributed by atoms with Gasteiger partial charge in [-0.2, -0.15) is 0 Å². The summed E-state index contributed by atoms with van der Waals surface area (Å²) in [5.41, 5.74) is 1.67. The lowest BCUT2D eigenvalue weighted by molar-refractivity contribution is 0.0949. The SMILES string of the molecule is Cc1ccc(C(=O)NCCCN2CCN(C)CC2)cc1NS(C)(=O)=O. The van der Waals surface area contributed by atoms with Gasteiger partial charge in [0.25, 0.3) is 5.91 Å². The van der Waals surface area contributed by atoms with Gasteiger partial charge in [-0.3, -0.25) is 9.52 Å². The molecule has 0 saturated carbocycles. The Kier molecular flexibility index (Phi) is 6.80. The minimum Gasteiger partial charge on any atom is -0.352 e. The minimum absolute atomic E-state index is 0.185. The van der Waals surface area contributed by atoms with Gasteiger partial charge in [-0.05, 0) is 44.6 Å². The fourth-order valence-corrected chi connectivity index (χ4v) is 3.37. The highest BCUT2D eigenvalue weighted by molar-refractivity contribution is 7.92. The molecular weight excluding hydrogens is 340 g/mol. The Morgan fingerprint density at radius 3 is 2.52 bits per heavy atom. The van der Waals surface area contributed by atoms with Crippen LogP contribution < -0.4 is 10.0 Å². The van der Waals surface area contributed by atoms with Crippen LogP contribution in [0.2, 0.25) is 0 Å². The van der Waals surface area contributed by atoms with Gasteiger partial charge in [-0.25, -0.2) is 8.42 Å². The molecule has 1 amide bonds. The van der Waals surface area contributed by atoms with Crippen LogP contribution in [0.3, 0.4) is 0 Å². The largest absolute Gasteiger partial charge is 0.352 e. The molecule has 0 aromatic heterocycles. The zero-order valence-corrected chi connectivity index (χ0v) is 16.0. The number of rotatable bonds is 7. The predicted octanol–water partition coefficient (Wildman–Crippen LogP) is 0.734. The monoisotopic (exact) mass is 368 g/mol. The van der Waals surface area contributed by atoms with Crippen molar-refractivity contribution in [1.82, 2.24) is 15.1 Å². The smallest absolute Gasteiger partial charge is 0.251 e. The third-order valence-electron chi connectivity index (χ3n) is 4.33. The van der Waals surface area contributed by atoms with Crippen molar-refractivity contribution in [3.63, 3.8) is 0 Å². The van der Waals surface area contributed by atoms with E-state index in [1.54, 1.807) is 25.1 Å². The number of likely N-dealkylation sites (N-methyl/N-ethyl adjacent to an activating group) is 1. The van der Waals surface area contributed by atoms with Crippen LogP contribution in [0.25, 0.3) is 0 Å². The van der Waals surface area contributed by atoms with Crippen LogP contribution in [0, 0.1) is 6.92 Å². The Balaban J connectivity index is 1.81. The zero-order chi connectivity index (χ0) is 18.4. The minimum atomic E-state index is -3.37. The van der Waals surface area contributed by atoms with E-state index in [9.17, 15) is 13.2 Å². The van der Waals surface area contributed by atoms with Crippen LogP contribution in [0.1, 0.15) is 22.3 Å². The summed E-state index contributed by atoms with van der Waals surface area (Å²) in [6, 6.07) is 5.03. The van der Waals surface area contributed by atoms with Crippen LogP contribution in [0.4, 0.5) is 5.69 Å². The van der Waals surface area contributed by atoms with Crippen molar-refractivity contribution in [3.05, 3.63) is 29.3 Å². The molecule has 1 aliphatic rings. The standard InChI is InChI=1S/C17H28N4O3S/c1-14-5-6-15(13-16(14)19-25(3,23)24)17(22)18-7-4-8-21-11-9-20(2)10-12-21/h5-6,13,19H,4,7-12H2,1-3H3,(H,18,22). The molecule has 1 heterocycles. The fraction of sp³-hybridized carbons (Fsp3) is 0.588. The van der Waals surface area contributed by atoms with Crippen molar-refractivity contribution < 1.29 is 13.2 Å². The molecule has 0 atom stereocenters. The maximum absolute atomic E-state index is 12.3. The van der Waals surface area contributed by atoms with E-state index < -0.39 is 10.0 Å². The third-order valence-corrected chi connectivity index (χ3v) is 4.92. The van der Waals surface area contributed by atoms with E-state index in [1.807, 2.05) is 0 Å². The van der Waals surface area contributed by atoms with Crippen molar-refractivity contribution >= 4 is 21.6 Å². The summed E-state index contributed by atoms with van der Waals surface area (Å²) in [6.45, 7) is 7.70. The maximum Gasteiger partial charge on any atom is 0.251 e. The van der Waals surface area contributed by atoms with E-state index in [0.717, 1.165) is 51.0 Å². The number of carbonyl (C=O) groups excluding carboxylic acids is 1. The molecule has 1 saturated heterocycles. The molecule has 1 aromatic rings. The van der Waals surface area contributed by atoms with Gasteiger partial charge in [0.2, 0.25) is 10.0 Å². The first-order valence-corrected chi connectivity index (χ1v) is 10.4. The highest BCUT2D eigenvalue weighted by Gasteiger charge is 2.14. The molecule has 0 bridgehead atoms. The summed E-state index contributed by atoms with van der Waals surface area (Å²) in [4.78, 5) is 17.0. The average molecular weight is 369 g/mol. The van der Waals surface area contributed by atoms with E-state index in [0.29, 0.717) is 17.8 Å². The summed E-state index contributed by atoms with van der Waals surface area (Å²) in [7, 11) is -1.24. The summed E-state index contributed by atoms with van der Waals surface area (Å²) in [5.74, 6) is -0.185. The van der Waals surface area contributed by atoms with Gasteiger partial charge < -0.3 is 15.1 Å². The molecule has 1 fully saturated rings. The number of amides is 1. The van der Waals surface area contributed by atoms with Gasteiger partial charge >= 0.3 is 0 Å². The normalized spacial score (nSPS) is 16.6. The van der Waals surface area contributed by atoms with Gasteiger partial charge in [-0.1, -0.05) is 6.07 Å². The molecule has 25 heavy (non-hydrogen) atoms. The van der Waals surface area contributed by atoms with E-state index >= 15 is 0 Å². The molecule has 0 aliphatic carbocycles. The Hall–Kier alpha value is -1.64. The number of aryl methyl sites for hydroxylation is 1. The lowest BCUT2D eigenvalue weighted by Crippen LogP contribution is -2.45. The first-order valence-electron chi connectivity index (χ1n) is 8.52. The summed E-state index contributed by atoms with van der Waals surface area (Å²) in [6.07, 6.45) is 1.99. The van der Waals surface area contributed by atoms with Crippen molar-refractivity contribution in [3.8, 4) is 0 Å². The molecule has 0 radical (unpaired) electrons. The zero-order valence-electron chi connectivity index (χ0n) is 15.2. The first kappa shape index (κ1) is 19.7. The van der Waals surface area contributed by atoms with Crippen LogP contribution in [-0.4, -0.2) is 76.7 Å². The van der Waals surface area contributed by atoms with E-state index in [-0.39, 0.29) is 5.91 Å². The maximum atomic E-state index is 12.3. The lowest BCUT2D eigenvalue weighted by Gasteiger charge is -2.32. The van der Waals surface area contributed by atoms with Crippen LogP contribution in [0.5, 0.6) is 0 Å². The van der Waals surface area contributed by atoms with Gasteiger partial charge in [0.1, 0.15) is 0 Å². The number of benzene rings is 1. The van der Waals surface area contributed by atoms with E-state index in [4.69, 9.17) is 0 Å². The number of nitrogens with one attached hydrogen (secondary N) is 2. The Morgan fingerprint density at radius 1 is 1.20 bits per heavy atom. The molecule has 2 rings (SSSR count). The van der Waals surface area contributed by atoms with Crippen LogP contribution >= 0.6 is 0 Å². The van der Waals surface area contributed by atoms with Gasteiger partial charge in [0, 0.05) is 38.3 Å². The van der Waals surface area contributed by atoms with Crippen molar-refractivity contribution in [2.45, 2.75) is 13.3 Å². The third kappa shape index (κ3) is 6.64. The lowest BCUT2D eigenvalue weighted by atomic mass is 10.1. The second-order valence-corrected chi connectivity index (χ2v) is 8.41. The first-order chi connectivity index (χ1) is 11.7. The summed E-state index contributed by atoms with van der Waals surface area (Å²) in [5, 5.41) is 2.90. The number of nitrogens with zero attached hydrogens (tertiary/aromatic N) is 2. The van der Waals surface area contributed by atoms with Gasteiger partial charge in [0.05, 0.1) is 11.9 Å². The topological polar surface area (TPSA) is 81.8 Å². The molecule has 0 unspecified atom stereocenters. The Bertz CT molecular complexity index is 698. The number of carbonyl (C=O) groups is 1. The molecule has 8 heteroatoms. The fourth-order valence-electron chi connectivity index (χ4n) is 2.75. The summed E-state index contributed by atoms with van der Waals surface area (Å²) < 4.78 is 25.2. The van der Waals surface area contributed by atoms with Crippen LogP contribution in [-0.2, 0) is 10.0 Å². The predicted molar refractivity (Wildman–Crippen MR) is 101 cm³/mol. The Morgan fingerprint density at radius 2 is 1.88 bits per heavy atom. The van der Waals surface area contributed by atoms with E-state index in [1.165, 1.54) is 0 Å². The molecule has 0 spiro atoms. The summed E-state index contributed by atoms with van der Waals surface area (Å²) >= 11 is 0. The number of anilines is 1. The van der Waals surface area contributed by atoms with Gasteiger partial charge in [0.15, 0.2) is 0 Å². The second kappa shape index (κ2) is 8.64. The second-order valence-electron chi connectivity index (χ2n) is 6.66. The highest BCUT2D eigenvalue weighted by Crippen LogP contribution is 2.18. The molecular formula is C17H28N4O3S.